The number of hydrogen-bond donors (Lipinski definition) is 2. The Kier molecular flexibility index (Phi) is 5.83. The van der Waals surface area contributed by atoms with Gasteiger partial charge in [-0.2, -0.15) is 0 Å². The number of benzene rings is 1. The van der Waals surface area contributed by atoms with Gasteiger partial charge in [0.05, 0.1) is 7.11 Å². The van der Waals surface area contributed by atoms with Crippen molar-refractivity contribution in [3.05, 3.63) is 29.8 Å². The Labute approximate surface area is 117 Å². The van der Waals surface area contributed by atoms with Crippen LogP contribution in [0.1, 0.15) is 19.4 Å². The smallest absolute Gasteiger partial charge is 0.408 e. The molecule has 6 heteroatoms. The molecule has 6 nitrogen and oxygen atoms in total. The predicted octanol–water partition coefficient (Wildman–Crippen LogP) is 2.03. The molecule has 1 atom stereocenters. The van der Waals surface area contributed by atoms with Gasteiger partial charge in [0.25, 0.3) is 0 Å². The van der Waals surface area contributed by atoms with Gasteiger partial charge in [-0.15, -0.1) is 0 Å². The van der Waals surface area contributed by atoms with Crippen molar-refractivity contribution in [2.45, 2.75) is 26.5 Å². The molecule has 0 fully saturated rings. The average Bonchev–Trinajstić information content (AvgIpc) is 2.42. The van der Waals surface area contributed by atoms with Crippen LogP contribution in [0.2, 0.25) is 0 Å². The van der Waals surface area contributed by atoms with E-state index in [1.165, 1.54) is 0 Å². The zero-order valence-corrected chi connectivity index (χ0v) is 11.8. The van der Waals surface area contributed by atoms with Crippen LogP contribution in [0.3, 0.4) is 0 Å². The van der Waals surface area contributed by atoms with Crippen LogP contribution in [0.4, 0.5) is 4.79 Å². The highest BCUT2D eigenvalue weighted by Crippen LogP contribution is 2.12. The third-order valence-electron chi connectivity index (χ3n) is 2.74. The van der Waals surface area contributed by atoms with Crippen LogP contribution in [-0.4, -0.2) is 30.3 Å². The van der Waals surface area contributed by atoms with Gasteiger partial charge in [-0.3, -0.25) is 0 Å². The summed E-state index contributed by atoms with van der Waals surface area (Å²) < 4.78 is 9.99. The lowest BCUT2D eigenvalue weighted by Crippen LogP contribution is -2.44. The van der Waals surface area contributed by atoms with Gasteiger partial charge in [-0.1, -0.05) is 26.0 Å². The minimum Gasteiger partial charge on any atom is -0.497 e. The summed E-state index contributed by atoms with van der Waals surface area (Å²) in [6.45, 7) is 3.49. The molecule has 1 aromatic rings. The Morgan fingerprint density at radius 2 is 1.85 bits per heavy atom. The number of carboxylic acids is 1. The number of alkyl carbamates (subject to hydrolysis) is 1. The number of carbonyl (C=O) groups is 2. The number of hydrogen-bond acceptors (Lipinski definition) is 4. The van der Waals surface area contributed by atoms with E-state index < -0.39 is 18.1 Å². The molecular weight excluding hydrogens is 262 g/mol. The van der Waals surface area contributed by atoms with Gasteiger partial charge in [0.1, 0.15) is 18.4 Å². The Bertz CT molecular complexity index is 455. The highest BCUT2D eigenvalue weighted by Gasteiger charge is 2.23. The summed E-state index contributed by atoms with van der Waals surface area (Å²) in [6, 6.07) is 6.08. The number of rotatable bonds is 6. The van der Waals surface area contributed by atoms with Crippen molar-refractivity contribution in [3.63, 3.8) is 0 Å². The summed E-state index contributed by atoms with van der Waals surface area (Å²) in [5.74, 6) is -0.591. The summed E-state index contributed by atoms with van der Waals surface area (Å²) >= 11 is 0. The second kappa shape index (κ2) is 7.37. The fourth-order valence-corrected chi connectivity index (χ4v) is 1.55. The molecule has 0 saturated carbocycles. The summed E-state index contributed by atoms with van der Waals surface area (Å²) in [7, 11) is 1.57. The summed E-state index contributed by atoms with van der Waals surface area (Å²) in [5, 5.41) is 11.3. The van der Waals surface area contributed by atoms with E-state index in [2.05, 4.69) is 5.32 Å². The topological polar surface area (TPSA) is 84.9 Å². The molecule has 1 rings (SSSR count). The average molecular weight is 281 g/mol. The highest BCUT2D eigenvalue weighted by molar-refractivity contribution is 5.80. The fraction of sp³-hybridized carbons (Fsp3) is 0.429. The maximum Gasteiger partial charge on any atom is 0.408 e. The van der Waals surface area contributed by atoms with Crippen molar-refractivity contribution < 1.29 is 24.2 Å². The molecule has 110 valence electrons. The quantitative estimate of drug-likeness (QED) is 0.833. The number of nitrogens with one attached hydrogen (secondary N) is 1. The first-order chi connectivity index (χ1) is 9.43. The van der Waals surface area contributed by atoms with Crippen molar-refractivity contribution in [1.82, 2.24) is 5.32 Å². The lowest BCUT2D eigenvalue weighted by Gasteiger charge is -2.17. The third kappa shape index (κ3) is 4.79. The molecule has 2 N–H and O–H groups in total. The molecule has 0 unspecified atom stereocenters. The second-order valence-corrected chi connectivity index (χ2v) is 4.63. The van der Waals surface area contributed by atoms with Gasteiger partial charge in [-0.25, -0.2) is 9.59 Å². The summed E-state index contributed by atoms with van der Waals surface area (Å²) in [4.78, 5) is 22.5. The zero-order chi connectivity index (χ0) is 15.1. The number of methoxy groups -OCH3 is 1. The highest BCUT2D eigenvalue weighted by atomic mass is 16.5. The van der Waals surface area contributed by atoms with Crippen LogP contribution in [0, 0.1) is 5.92 Å². The molecule has 0 bridgehead atoms. The van der Waals surface area contributed by atoms with Gasteiger partial charge < -0.3 is 19.9 Å². The Balaban J connectivity index is 2.47. The predicted molar refractivity (Wildman–Crippen MR) is 72.6 cm³/mol. The molecule has 0 saturated heterocycles. The maximum atomic E-state index is 11.5. The molecule has 0 spiro atoms. The third-order valence-corrected chi connectivity index (χ3v) is 2.74. The van der Waals surface area contributed by atoms with E-state index in [-0.39, 0.29) is 12.5 Å². The van der Waals surface area contributed by atoms with Crippen LogP contribution in [0.15, 0.2) is 24.3 Å². The first kappa shape index (κ1) is 15.8. The molecule has 1 aromatic carbocycles. The first-order valence-corrected chi connectivity index (χ1v) is 6.23. The lowest BCUT2D eigenvalue weighted by atomic mass is 10.1. The minimum atomic E-state index is -1.08. The van der Waals surface area contributed by atoms with E-state index in [1.54, 1.807) is 45.2 Å². The molecule has 0 heterocycles. The molecule has 20 heavy (non-hydrogen) atoms. The van der Waals surface area contributed by atoms with Crippen LogP contribution in [-0.2, 0) is 16.1 Å². The van der Waals surface area contributed by atoms with Gasteiger partial charge >= 0.3 is 12.1 Å². The Hall–Kier alpha value is -2.24. The number of carboxylic acid groups (broad SMARTS) is 1. The molecule has 0 aliphatic heterocycles. The molecular formula is C14H19NO5. The number of ether oxygens (including phenoxy) is 2. The number of carbonyl (C=O) groups excluding carboxylic acids is 1. The molecule has 0 radical (unpaired) electrons. The van der Waals surface area contributed by atoms with E-state index in [0.717, 1.165) is 5.56 Å². The standard InChI is InChI=1S/C14H19NO5/c1-9(2)12(13(16)17)15-14(18)20-8-10-4-6-11(19-3)7-5-10/h4-7,9,12H,8H2,1-3H3,(H,15,18)(H,16,17)/t12-/m0/s1. The SMILES string of the molecule is COc1ccc(COC(=O)N[C@H](C(=O)O)C(C)C)cc1. The van der Waals surface area contributed by atoms with Gasteiger partial charge in [0.2, 0.25) is 0 Å². The normalized spacial score (nSPS) is 11.8. The maximum absolute atomic E-state index is 11.5. The van der Waals surface area contributed by atoms with Crippen LogP contribution in [0.25, 0.3) is 0 Å². The summed E-state index contributed by atoms with van der Waals surface area (Å²) in [6.07, 6.45) is -0.748. The molecule has 0 aliphatic carbocycles. The Morgan fingerprint density at radius 3 is 2.30 bits per heavy atom. The van der Waals surface area contributed by atoms with Crippen LogP contribution >= 0.6 is 0 Å². The van der Waals surface area contributed by atoms with E-state index in [9.17, 15) is 9.59 Å². The van der Waals surface area contributed by atoms with Crippen molar-refractivity contribution in [3.8, 4) is 5.75 Å². The van der Waals surface area contributed by atoms with Gasteiger partial charge in [0.15, 0.2) is 0 Å². The largest absolute Gasteiger partial charge is 0.497 e. The van der Waals surface area contributed by atoms with Crippen molar-refractivity contribution in [2.24, 2.45) is 5.92 Å². The van der Waals surface area contributed by atoms with E-state index in [4.69, 9.17) is 14.6 Å². The van der Waals surface area contributed by atoms with E-state index in [1.807, 2.05) is 0 Å². The zero-order valence-electron chi connectivity index (χ0n) is 11.8. The van der Waals surface area contributed by atoms with Crippen molar-refractivity contribution in [2.75, 3.05) is 7.11 Å². The van der Waals surface area contributed by atoms with Crippen LogP contribution in [0.5, 0.6) is 5.75 Å². The monoisotopic (exact) mass is 281 g/mol. The summed E-state index contributed by atoms with van der Waals surface area (Å²) in [5.41, 5.74) is 0.789. The van der Waals surface area contributed by atoms with Crippen molar-refractivity contribution in [1.29, 1.82) is 0 Å². The van der Waals surface area contributed by atoms with Crippen LogP contribution < -0.4 is 10.1 Å². The molecule has 1 amide bonds. The van der Waals surface area contributed by atoms with Crippen molar-refractivity contribution >= 4 is 12.1 Å². The fourth-order valence-electron chi connectivity index (χ4n) is 1.55. The number of amides is 1. The van der Waals surface area contributed by atoms with E-state index in [0.29, 0.717) is 5.75 Å². The molecule has 0 aromatic heterocycles. The Morgan fingerprint density at radius 1 is 1.25 bits per heavy atom. The number of aliphatic carboxylic acids is 1. The van der Waals surface area contributed by atoms with Gasteiger partial charge in [0, 0.05) is 0 Å². The minimum absolute atomic E-state index is 0.0697. The lowest BCUT2D eigenvalue weighted by molar-refractivity contribution is -0.140. The van der Waals surface area contributed by atoms with Gasteiger partial charge in [-0.05, 0) is 23.6 Å². The van der Waals surface area contributed by atoms with E-state index >= 15 is 0 Å². The molecule has 0 aliphatic rings. The second-order valence-electron chi connectivity index (χ2n) is 4.63. The first-order valence-electron chi connectivity index (χ1n) is 6.23.